The van der Waals surface area contributed by atoms with Crippen molar-refractivity contribution in [1.82, 2.24) is 0 Å². The van der Waals surface area contributed by atoms with Crippen molar-refractivity contribution in [1.29, 1.82) is 0 Å². The van der Waals surface area contributed by atoms with Gasteiger partial charge in [0.25, 0.3) is 0 Å². The van der Waals surface area contributed by atoms with Crippen LogP contribution in [0.25, 0.3) is 0 Å². The van der Waals surface area contributed by atoms with Crippen LogP contribution in [0, 0.1) is 0 Å². The first-order valence-electron chi connectivity index (χ1n) is 21.5. The smallest absolute Gasteiger partial charge is 0.462 e. The van der Waals surface area contributed by atoms with Gasteiger partial charge in [0, 0.05) is 19.4 Å². The van der Waals surface area contributed by atoms with Gasteiger partial charge in [-0.2, -0.15) is 0 Å². The number of esters is 2. The molecule has 0 rings (SSSR count). The molecule has 11 heteroatoms. The normalized spacial score (nSPS) is 14.9. The Hall–Kier alpha value is -3.37. The molecular weight excluding hydrogens is 753 g/mol. The summed E-state index contributed by atoms with van der Waals surface area (Å²) in [5, 5.41) is 10.1. The van der Waals surface area contributed by atoms with Crippen LogP contribution in [0.2, 0.25) is 0 Å². The number of allylic oxidation sites excluding steroid dienone is 16. The van der Waals surface area contributed by atoms with Crippen molar-refractivity contribution in [2.24, 2.45) is 5.73 Å². The second kappa shape index (κ2) is 41.8. The number of unbranched alkanes of at least 4 members (excludes halogenated alkanes) is 7. The van der Waals surface area contributed by atoms with Crippen molar-refractivity contribution in [3.05, 3.63) is 109 Å². The quantitative estimate of drug-likeness (QED) is 0.0180. The second-order valence-corrected chi connectivity index (χ2v) is 15.1. The Labute approximate surface area is 351 Å². The molecule has 0 saturated heterocycles. The van der Waals surface area contributed by atoms with Gasteiger partial charge in [0.2, 0.25) is 0 Å². The van der Waals surface area contributed by atoms with E-state index in [-0.39, 0.29) is 32.6 Å². The summed E-state index contributed by atoms with van der Waals surface area (Å²) in [5.74, 6) is -1.01. The van der Waals surface area contributed by atoms with E-state index in [1.54, 1.807) is 12.2 Å². The SMILES string of the molecule is CC/C=C\C/C=C\C/C=C\C/C=C\C/C=C\CCCCCC(=O)OC[C@H](COP(=O)(O)OCCN)OC(=O)CCC/C=C/C=C\C(O)C/C=C\C/C=C\CCCCC. The molecule has 58 heavy (non-hydrogen) atoms. The maximum absolute atomic E-state index is 12.6. The third-order valence-corrected chi connectivity index (χ3v) is 9.21. The van der Waals surface area contributed by atoms with Crippen LogP contribution in [0.3, 0.4) is 0 Å². The molecule has 0 amide bonds. The maximum Gasteiger partial charge on any atom is 0.472 e. The monoisotopic (exact) mass is 830 g/mol. The molecule has 0 bridgehead atoms. The van der Waals surface area contributed by atoms with Crippen LogP contribution in [0.5, 0.6) is 0 Å². The molecule has 10 nitrogen and oxygen atoms in total. The van der Waals surface area contributed by atoms with E-state index in [9.17, 15) is 24.2 Å². The summed E-state index contributed by atoms with van der Waals surface area (Å²) in [4.78, 5) is 34.8. The number of nitrogens with two attached hydrogens (primary N) is 1. The lowest BCUT2D eigenvalue weighted by molar-refractivity contribution is -0.161. The van der Waals surface area contributed by atoms with Crippen LogP contribution in [0.15, 0.2) is 109 Å². The van der Waals surface area contributed by atoms with Crippen molar-refractivity contribution >= 4 is 19.8 Å². The number of carbonyl (C=O) groups is 2. The van der Waals surface area contributed by atoms with Crippen molar-refractivity contribution in [2.75, 3.05) is 26.4 Å². The summed E-state index contributed by atoms with van der Waals surface area (Å²) in [7, 11) is -4.43. The summed E-state index contributed by atoms with van der Waals surface area (Å²) < 4.78 is 32.6. The molecule has 0 heterocycles. The van der Waals surface area contributed by atoms with Crippen LogP contribution in [0.4, 0.5) is 0 Å². The minimum Gasteiger partial charge on any atom is -0.462 e. The highest BCUT2D eigenvalue weighted by Crippen LogP contribution is 2.43. The Kier molecular flexibility index (Phi) is 39.4. The van der Waals surface area contributed by atoms with Gasteiger partial charge in [-0.05, 0) is 89.9 Å². The number of phosphoric ester groups is 1. The van der Waals surface area contributed by atoms with E-state index in [1.807, 2.05) is 18.2 Å². The minimum atomic E-state index is -4.43. The zero-order valence-corrected chi connectivity index (χ0v) is 36.5. The van der Waals surface area contributed by atoms with Gasteiger partial charge >= 0.3 is 19.8 Å². The molecular formula is C47H76NO9P. The number of hydrogen-bond donors (Lipinski definition) is 3. The predicted molar refractivity (Wildman–Crippen MR) is 239 cm³/mol. The van der Waals surface area contributed by atoms with Crippen LogP contribution in [-0.2, 0) is 32.7 Å². The van der Waals surface area contributed by atoms with Gasteiger partial charge in [-0.25, -0.2) is 4.57 Å². The van der Waals surface area contributed by atoms with E-state index in [0.717, 1.165) is 64.2 Å². The molecule has 0 aliphatic carbocycles. The topological polar surface area (TPSA) is 155 Å². The Balaban J connectivity index is 4.43. The van der Waals surface area contributed by atoms with Gasteiger partial charge in [-0.1, -0.05) is 142 Å². The molecule has 4 N–H and O–H groups in total. The Morgan fingerprint density at radius 2 is 1.17 bits per heavy atom. The van der Waals surface area contributed by atoms with Crippen LogP contribution < -0.4 is 5.73 Å². The summed E-state index contributed by atoms with van der Waals surface area (Å²) in [6.07, 6.45) is 51.5. The van der Waals surface area contributed by atoms with Crippen molar-refractivity contribution in [3.63, 3.8) is 0 Å². The summed E-state index contributed by atoms with van der Waals surface area (Å²) >= 11 is 0. The Morgan fingerprint density at radius 3 is 1.78 bits per heavy atom. The lowest BCUT2D eigenvalue weighted by Crippen LogP contribution is -2.29. The molecule has 2 unspecified atom stereocenters. The zero-order chi connectivity index (χ0) is 42.6. The van der Waals surface area contributed by atoms with Gasteiger partial charge in [0.1, 0.15) is 6.61 Å². The van der Waals surface area contributed by atoms with E-state index >= 15 is 0 Å². The molecule has 0 radical (unpaired) electrons. The molecule has 0 aliphatic heterocycles. The summed E-state index contributed by atoms with van der Waals surface area (Å²) in [5.41, 5.74) is 5.33. The minimum absolute atomic E-state index is 0.0196. The molecule has 0 aromatic rings. The second-order valence-electron chi connectivity index (χ2n) is 13.7. The summed E-state index contributed by atoms with van der Waals surface area (Å²) in [6.45, 7) is 3.35. The van der Waals surface area contributed by atoms with Crippen molar-refractivity contribution < 1.29 is 42.7 Å². The fraction of sp³-hybridized carbons (Fsp3) is 0.574. The summed E-state index contributed by atoms with van der Waals surface area (Å²) in [6, 6.07) is 0. The molecule has 0 aliphatic rings. The van der Waals surface area contributed by atoms with Gasteiger partial charge in [0.15, 0.2) is 6.10 Å². The lowest BCUT2D eigenvalue weighted by atomic mass is 10.1. The van der Waals surface area contributed by atoms with E-state index in [0.29, 0.717) is 25.7 Å². The van der Waals surface area contributed by atoms with Gasteiger partial charge in [-0.3, -0.25) is 18.6 Å². The fourth-order valence-corrected chi connectivity index (χ4v) is 5.79. The average Bonchev–Trinajstić information content (AvgIpc) is 3.21. The standard InChI is InChI=1S/C47H76NO9P/c1-3-5-7-9-11-13-14-15-16-17-18-19-20-21-22-24-26-30-34-38-46(50)54-42-45(43-56-58(52,53)55-41-40-48)57-47(51)39-35-31-27-29-33-37-44(49)36-32-28-25-23-12-10-8-6-4-2/h5,7,11-13,15-16,18-19,21-23,27-29,32-33,37,44-45,49H,3-4,6,8-10,14,17,20,24-26,30-31,34-36,38-43,48H2,1-2H3,(H,52,53)/b7-5-,13-11-,16-15-,19-18-,22-21-,23-12-,29-27+,32-28-,37-33-/t44?,45-/m1/s1. The molecule has 328 valence electrons. The highest BCUT2D eigenvalue weighted by atomic mass is 31.2. The van der Waals surface area contributed by atoms with Crippen molar-refractivity contribution in [3.8, 4) is 0 Å². The molecule has 3 atom stereocenters. The molecule has 0 aromatic carbocycles. The third kappa shape index (κ3) is 40.8. The lowest BCUT2D eigenvalue weighted by Gasteiger charge is -2.19. The van der Waals surface area contributed by atoms with E-state index < -0.39 is 38.6 Å². The Morgan fingerprint density at radius 1 is 0.621 bits per heavy atom. The molecule has 0 saturated carbocycles. The average molecular weight is 830 g/mol. The molecule has 0 spiro atoms. The Bertz CT molecular complexity index is 1330. The first-order valence-corrected chi connectivity index (χ1v) is 23.0. The number of aliphatic hydroxyl groups excluding tert-OH is 1. The highest BCUT2D eigenvalue weighted by Gasteiger charge is 2.25. The van der Waals surface area contributed by atoms with Crippen LogP contribution in [0.1, 0.15) is 136 Å². The first-order chi connectivity index (χ1) is 28.2. The fourth-order valence-electron chi connectivity index (χ4n) is 5.03. The van der Waals surface area contributed by atoms with Gasteiger partial charge < -0.3 is 25.2 Å². The number of phosphoric acid groups is 1. The van der Waals surface area contributed by atoms with E-state index in [4.69, 9.17) is 24.3 Å². The van der Waals surface area contributed by atoms with E-state index in [2.05, 4.69) is 92.8 Å². The first kappa shape index (κ1) is 54.6. The van der Waals surface area contributed by atoms with E-state index in [1.165, 1.54) is 19.3 Å². The van der Waals surface area contributed by atoms with Gasteiger partial charge in [-0.15, -0.1) is 0 Å². The predicted octanol–water partition coefficient (Wildman–Crippen LogP) is 11.4. The maximum atomic E-state index is 12.6. The van der Waals surface area contributed by atoms with Crippen molar-refractivity contribution in [2.45, 2.75) is 148 Å². The van der Waals surface area contributed by atoms with Gasteiger partial charge in [0.05, 0.1) is 19.3 Å². The molecule has 0 fully saturated rings. The number of carbonyl (C=O) groups excluding carboxylic acids is 2. The molecule has 0 aromatic heterocycles. The highest BCUT2D eigenvalue weighted by molar-refractivity contribution is 7.47. The third-order valence-electron chi connectivity index (χ3n) is 8.22. The number of rotatable bonds is 38. The zero-order valence-electron chi connectivity index (χ0n) is 35.6. The van der Waals surface area contributed by atoms with Crippen LogP contribution >= 0.6 is 7.82 Å². The number of aliphatic hydroxyl groups is 1. The largest absolute Gasteiger partial charge is 0.472 e. The van der Waals surface area contributed by atoms with Crippen LogP contribution in [-0.4, -0.2) is 60.5 Å². The number of ether oxygens (including phenoxy) is 2. The number of hydrogen-bond acceptors (Lipinski definition) is 9.